The number of amides is 2. The first-order chi connectivity index (χ1) is 12.2. The van der Waals surface area contributed by atoms with Crippen molar-refractivity contribution >= 4 is 29.1 Å². The highest BCUT2D eigenvalue weighted by Crippen LogP contribution is 2.38. The van der Waals surface area contributed by atoms with Crippen LogP contribution in [0.15, 0.2) is 64.8 Å². The smallest absolute Gasteiger partial charge is 0.250 e. The summed E-state index contributed by atoms with van der Waals surface area (Å²) >= 11 is 5.86. The van der Waals surface area contributed by atoms with Crippen molar-refractivity contribution in [2.75, 3.05) is 0 Å². The van der Waals surface area contributed by atoms with Crippen LogP contribution in [0.2, 0.25) is 5.02 Å². The molecule has 1 aromatic rings. The van der Waals surface area contributed by atoms with E-state index in [-0.39, 0.29) is 29.6 Å². The number of aliphatic imine (C=N–C) groups is 1. The van der Waals surface area contributed by atoms with Crippen molar-refractivity contribution < 1.29 is 9.59 Å². The average molecular weight is 369 g/mol. The molecule has 1 unspecified atom stereocenters. The van der Waals surface area contributed by atoms with Crippen molar-refractivity contribution in [3.63, 3.8) is 0 Å². The first-order valence-corrected chi connectivity index (χ1v) is 8.89. The molecule has 3 rings (SSSR count). The van der Waals surface area contributed by atoms with E-state index in [4.69, 9.17) is 11.6 Å². The summed E-state index contributed by atoms with van der Waals surface area (Å²) in [6, 6.07) is 7.13. The lowest BCUT2D eigenvalue weighted by molar-refractivity contribution is -0.117. The second-order valence-electron chi connectivity index (χ2n) is 7.51. The minimum absolute atomic E-state index is 0.0121. The Morgan fingerprint density at radius 2 is 1.88 bits per heavy atom. The average Bonchev–Trinajstić information content (AvgIpc) is 2.55. The van der Waals surface area contributed by atoms with E-state index in [1.807, 2.05) is 24.3 Å². The summed E-state index contributed by atoms with van der Waals surface area (Å²) in [4.78, 5) is 28.4. The van der Waals surface area contributed by atoms with E-state index in [9.17, 15) is 9.59 Å². The molecule has 1 aliphatic heterocycles. The molecule has 0 aromatic heterocycles. The molecule has 134 valence electrons. The molecule has 0 saturated carbocycles. The molecule has 4 nitrogen and oxygen atoms in total. The Hall–Kier alpha value is -2.46. The van der Waals surface area contributed by atoms with Gasteiger partial charge in [0, 0.05) is 22.7 Å². The fourth-order valence-corrected chi connectivity index (χ4v) is 3.23. The number of halogens is 1. The lowest BCUT2D eigenvalue weighted by Gasteiger charge is -2.34. The molecule has 5 heteroatoms. The third-order valence-electron chi connectivity index (χ3n) is 4.38. The number of fused-ring (bicyclic) bond motifs is 1. The monoisotopic (exact) mass is 368 g/mol. The van der Waals surface area contributed by atoms with Gasteiger partial charge in [-0.2, -0.15) is 0 Å². The summed E-state index contributed by atoms with van der Waals surface area (Å²) in [5.74, 6) is -0.367. The Balaban J connectivity index is 1.79. The van der Waals surface area contributed by atoms with Gasteiger partial charge in [-0.1, -0.05) is 50.6 Å². The van der Waals surface area contributed by atoms with Crippen LogP contribution in [-0.2, 0) is 16.0 Å². The number of carbonyl (C=O) groups is 2. The van der Waals surface area contributed by atoms with E-state index in [2.05, 4.69) is 31.1 Å². The molecule has 0 radical (unpaired) electrons. The molecule has 0 fully saturated rings. The molecule has 26 heavy (non-hydrogen) atoms. The topological polar surface area (TPSA) is 58.5 Å². The van der Waals surface area contributed by atoms with Gasteiger partial charge < -0.3 is 5.32 Å². The van der Waals surface area contributed by atoms with Gasteiger partial charge in [0.2, 0.25) is 5.91 Å². The molecule has 1 aromatic carbocycles. The van der Waals surface area contributed by atoms with Crippen LogP contribution in [-0.4, -0.2) is 17.5 Å². The number of rotatable bonds is 2. The fraction of sp³-hybridized carbons (Fsp3) is 0.286. The maximum absolute atomic E-state index is 12.2. The molecule has 1 N–H and O–H groups in total. The van der Waals surface area contributed by atoms with Gasteiger partial charge in [-0.15, -0.1) is 0 Å². The van der Waals surface area contributed by atoms with Gasteiger partial charge in [0.1, 0.15) is 0 Å². The standard InChI is InChI=1S/C21H21ClN2O2/c1-21(2,3)17-12-20(26)24-18-11-15(8-9-16(17)18)23-19(25)10-13-4-6-14(22)7-5-13/h4-9,11-12,16H,10H2,1-3H3,(H,24,26). The van der Waals surface area contributed by atoms with E-state index in [1.165, 1.54) is 0 Å². The van der Waals surface area contributed by atoms with Gasteiger partial charge in [0.15, 0.2) is 0 Å². The molecular formula is C21H21ClN2O2. The predicted molar refractivity (Wildman–Crippen MR) is 104 cm³/mol. The minimum Gasteiger partial charge on any atom is -0.325 e. The zero-order valence-electron chi connectivity index (χ0n) is 15.0. The number of hydrogen-bond donors (Lipinski definition) is 1. The Morgan fingerprint density at radius 1 is 1.19 bits per heavy atom. The van der Waals surface area contributed by atoms with Crippen LogP contribution in [0.1, 0.15) is 26.3 Å². The zero-order chi connectivity index (χ0) is 18.9. The molecule has 0 spiro atoms. The van der Waals surface area contributed by atoms with Crippen molar-refractivity contribution in [3.05, 3.63) is 70.4 Å². The van der Waals surface area contributed by atoms with Crippen LogP contribution in [0, 0.1) is 11.3 Å². The number of nitrogens with zero attached hydrogens (tertiary/aromatic N) is 1. The van der Waals surface area contributed by atoms with Crippen LogP contribution < -0.4 is 5.32 Å². The second kappa shape index (κ2) is 7.04. The van der Waals surface area contributed by atoms with Crippen molar-refractivity contribution in [1.82, 2.24) is 5.32 Å². The molecule has 1 heterocycles. The first kappa shape index (κ1) is 18.3. The maximum atomic E-state index is 12.2. The fourth-order valence-electron chi connectivity index (χ4n) is 3.10. The Morgan fingerprint density at radius 3 is 2.54 bits per heavy atom. The number of nitrogens with one attached hydrogen (secondary N) is 1. The summed E-state index contributed by atoms with van der Waals surface area (Å²) in [7, 11) is 0. The molecule has 0 saturated heterocycles. The molecule has 1 atom stereocenters. The van der Waals surface area contributed by atoms with Gasteiger partial charge in [0.05, 0.1) is 12.1 Å². The van der Waals surface area contributed by atoms with Crippen LogP contribution in [0.5, 0.6) is 0 Å². The van der Waals surface area contributed by atoms with Gasteiger partial charge in [-0.3, -0.25) is 9.59 Å². The van der Waals surface area contributed by atoms with Gasteiger partial charge in [-0.05, 0) is 40.8 Å². The maximum Gasteiger partial charge on any atom is 0.250 e. The second-order valence-corrected chi connectivity index (χ2v) is 7.95. The summed E-state index contributed by atoms with van der Waals surface area (Å²) in [5.41, 5.74) is 3.10. The minimum atomic E-state index is -0.240. The van der Waals surface area contributed by atoms with Crippen LogP contribution >= 0.6 is 11.6 Å². The van der Waals surface area contributed by atoms with Crippen molar-refractivity contribution in [2.45, 2.75) is 27.2 Å². The van der Waals surface area contributed by atoms with E-state index in [1.54, 1.807) is 24.3 Å². The largest absolute Gasteiger partial charge is 0.325 e. The van der Waals surface area contributed by atoms with Crippen molar-refractivity contribution in [2.24, 2.45) is 16.3 Å². The molecular weight excluding hydrogens is 348 g/mol. The quantitative estimate of drug-likeness (QED) is 0.857. The Kier molecular flexibility index (Phi) is 4.97. The third kappa shape index (κ3) is 4.20. The van der Waals surface area contributed by atoms with Crippen molar-refractivity contribution in [1.29, 1.82) is 0 Å². The van der Waals surface area contributed by atoms with Crippen LogP contribution in [0.4, 0.5) is 0 Å². The summed E-state index contributed by atoms with van der Waals surface area (Å²) in [5, 5.41) is 3.50. The summed E-state index contributed by atoms with van der Waals surface area (Å²) in [6.45, 7) is 6.26. The predicted octanol–water partition coefficient (Wildman–Crippen LogP) is 4.02. The van der Waals surface area contributed by atoms with Gasteiger partial charge in [0.25, 0.3) is 5.91 Å². The third-order valence-corrected chi connectivity index (χ3v) is 4.63. The molecule has 1 aliphatic carbocycles. The zero-order valence-corrected chi connectivity index (χ0v) is 15.8. The van der Waals surface area contributed by atoms with E-state index in [0.717, 1.165) is 16.8 Å². The highest BCUT2D eigenvalue weighted by atomic mass is 35.5. The highest BCUT2D eigenvalue weighted by Gasteiger charge is 2.32. The summed E-state index contributed by atoms with van der Waals surface area (Å²) in [6.07, 6.45) is 7.48. The van der Waals surface area contributed by atoms with Crippen LogP contribution in [0.3, 0.4) is 0 Å². The Bertz CT molecular complexity index is 868. The number of carbonyl (C=O) groups excluding carboxylic acids is 2. The number of hydrogen-bond acceptors (Lipinski definition) is 2. The first-order valence-electron chi connectivity index (χ1n) is 8.51. The molecule has 2 aliphatic rings. The SMILES string of the molecule is CC(C)(C)C1=CC(=O)NC2=CC(=NC(=O)Cc3ccc(Cl)cc3)C=CC21. The number of allylic oxidation sites excluding steroid dienone is 3. The van der Waals surface area contributed by atoms with E-state index in [0.29, 0.717) is 10.7 Å². The molecule has 0 bridgehead atoms. The van der Waals surface area contributed by atoms with Crippen molar-refractivity contribution in [3.8, 4) is 0 Å². The lowest BCUT2D eigenvalue weighted by atomic mass is 9.74. The summed E-state index contributed by atoms with van der Waals surface area (Å²) < 4.78 is 0. The van der Waals surface area contributed by atoms with E-state index >= 15 is 0 Å². The van der Waals surface area contributed by atoms with Gasteiger partial charge in [-0.25, -0.2) is 4.99 Å². The normalized spacial score (nSPS) is 21.0. The van der Waals surface area contributed by atoms with Crippen LogP contribution in [0.25, 0.3) is 0 Å². The van der Waals surface area contributed by atoms with E-state index < -0.39 is 0 Å². The van der Waals surface area contributed by atoms with Gasteiger partial charge >= 0.3 is 0 Å². The lowest BCUT2D eigenvalue weighted by Crippen LogP contribution is -2.36. The Labute approximate surface area is 158 Å². The highest BCUT2D eigenvalue weighted by molar-refractivity contribution is 6.30. The number of benzene rings is 1. The molecule has 2 amide bonds.